The Bertz CT molecular complexity index is 1430. The van der Waals surface area contributed by atoms with Crippen LogP contribution in [0.2, 0.25) is 0 Å². The molecule has 1 N–H and O–H groups in total. The van der Waals surface area contributed by atoms with Gasteiger partial charge in [0, 0.05) is 37.6 Å². The standard InChI is InChI=1S/C28H36F3N7O2S.C2H6/c1-17(2)19-13-26(4,5)37(14-19)24-20(25(39)35-41-21-15-36(6)33-18(21)3)7-8-22(32-24)38-12-9-23(34-38)40-16-27(10-11-27)28(29,30)31;1-2/h7-9,12,15,17,19H,10-11,13-14,16H2,1-6H3,(H,35,39);1-2H3. The van der Waals surface area contributed by atoms with Gasteiger partial charge < -0.3 is 9.64 Å². The van der Waals surface area contributed by atoms with Crippen molar-refractivity contribution in [3.8, 4) is 11.7 Å². The number of pyridine rings is 1. The van der Waals surface area contributed by atoms with Crippen LogP contribution in [0.25, 0.3) is 5.82 Å². The van der Waals surface area contributed by atoms with E-state index in [-0.39, 0.29) is 30.2 Å². The Labute approximate surface area is 255 Å². The van der Waals surface area contributed by atoms with E-state index in [1.807, 2.05) is 34.0 Å². The molecule has 0 bridgehead atoms. The molecular weight excluding hydrogens is 579 g/mol. The van der Waals surface area contributed by atoms with E-state index in [9.17, 15) is 18.0 Å². The third-order valence-corrected chi connectivity index (χ3v) is 9.09. The molecule has 0 radical (unpaired) electrons. The Morgan fingerprint density at radius 1 is 1.19 bits per heavy atom. The molecule has 43 heavy (non-hydrogen) atoms. The van der Waals surface area contributed by atoms with Crippen LogP contribution in [-0.4, -0.2) is 55.3 Å². The first-order valence-corrected chi connectivity index (χ1v) is 15.5. The molecule has 236 valence electrons. The highest BCUT2D eigenvalue weighted by Gasteiger charge is 2.64. The molecule has 1 unspecified atom stereocenters. The molecule has 1 atom stereocenters. The van der Waals surface area contributed by atoms with Crippen molar-refractivity contribution in [3.05, 3.63) is 41.9 Å². The average Bonchev–Trinajstić information content (AvgIpc) is 3.31. The van der Waals surface area contributed by atoms with Gasteiger partial charge >= 0.3 is 6.18 Å². The van der Waals surface area contributed by atoms with Gasteiger partial charge in [0.15, 0.2) is 5.82 Å². The van der Waals surface area contributed by atoms with Crippen LogP contribution < -0.4 is 14.4 Å². The van der Waals surface area contributed by atoms with Crippen molar-refractivity contribution in [2.75, 3.05) is 18.1 Å². The van der Waals surface area contributed by atoms with Gasteiger partial charge in [-0.25, -0.2) is 9.67 Å². The van der Waals surface area contributed by atoms with E-state index >= 15 is 0 Å². The number of alkyl halides is 3. The SMILES string of the molecule is CC.Cc1nn(C)cc1SNC(=O)c1ccc(-n2ccc(OCC3(C(F)(F)F)CC3)n2)nc1N1CC(C(C)C)CC1(C)C. The zero-order valence-electron chi connectivity index (χ0n) is 26.1. The summed E-state index contributed by atoms with van der Waals surface area (Å²) >= 11 is 1.20. The summed E-state index contributed by atoms with van der Waals surface area (Å²) < 4.78 is 51.5. The summed E-state index contributed by atoms with van der Waals surface area (Å²) in [6, 6.07) is 4.92. The molecule has 1 amide bonds. The molecule has 1 saturated heterocycles. The summed E-state index contributed by atoms with van der Waals surface area (Å²) in [4.78, 5) is 21.4. The Hall–Kier alpha value is -3.22. The summed E-state index contributed by atoms with van der Waals surface area (Å²) in [5.74, 6) is 1.65. The van der Waals surface area contributed by atoms with E-state index in [1.165, 1.54) is 22.7 Å². The van der Waals surface area contributed by atoms with Gasteiger partial charge in [-0.05, 0) is 76.0 Å². The summed E-state index contributed by atoms with van der Waals surface area (Å²) in [5, 5.41) is 8.66. The fraction of sp³-hybridized carbons (Fsp3) is 0.600. The smallest absolute Gasteiger partial charge is 0.397 e. The first-order chi connectivity index (χ1) is 20.2. The molecule has 1 saturated carbocycles. The number of hydrogen-bond acceptors (Lipinski definition) is 7. The minimum absolute atomic E-state index is 0.0628. The molecule has 2 fully saturated rings. The third kappa shape index (κ3) is 6.97. The molecule has 4 heterocycles. The molecule has 3 aromatic heterocycles. The van der Waals surface area contributed by atoms with Crippen molar-refractivity contribution in [1.82, 2.24) is 29.3 Å². The molecule has 1 aliphatic heterocycles. The number of amides is 1. The van der Waals surface area contributed by atoms with E-state index in [0.29, 0.717) is 29.0 Å². The van der Waals surface area contributed by atoms with Crippen LogP contribution in [0.5, 0.6) is 5.88 Å². The van der Waals surface area contributed by atoms with Crippen molar-refractivity contribution in [2.24, 2.45) is 24.3 Å². The van der Waals surface area contributed by atoms with Crippen molar-refractivity contribution in [3.63, 3.8) is 0 Å². The largest absolute Gasteiger partial charge is 0.476 e. The maximum absolute atomic E-state index is 13.5. The van der Waals surface area contributed by atoms with Gasteiger partial charge in [0.1, 0.15) is 17.8 Å². The molecule has 9 nitrogen and oxygen atoms in total. The number of carbonyl (C=O) groups excluding carboxylic acids is 1. The Kier molecular flexibility index (Phi) is 9.44. The van der Waals surface area contributed by atoms with Gasteiger partial charge in [0.2, 0.25) is 5.88 Å². The third-order valence-electron chi connectivity index (χ3n) is 8.19. The van der Waals surface area contributed by atoms with Gasteiger partial charge in [-0.15, -0.1) is 5.10 Å². The van der Waals surface area contributed by atoms with Crippen LogP contribution in [0.4, 0.5) is 19.0 Å². The van der Waals surface area contributed by atoms with Crippen LogP contribution in [-0.2, 0) is 7.05 Å². The van der Waals surface area contributed by atoms with Gasteiger partial charge in [-0.2, -0.15) is 18.3 Å². The number of carbonyl (C=O) groups is 1. The lowest BCUT2D eigenvalue weighted by Gasteiger charge is -2.34. The number of aryl methyl sites for hydroxylation is 2. The topological polar surface area (TPSA) is 90.1 Å². The zero-order chi connectivity index (χ0) is 31.7. The monoisotopic (exact) mass is 621 g/mol. The first kappa shape index (κ1) is 32.7. The van der Waals surface area contributed by atoms with Gasteiger partial charge in [0.25, 0.3) is 5.91 Å². The average molecular weight is 622 g/mol. The second kappa shape index (κ2) is 12.4. The highest BCUT2D eigenvalue weighted by atomic mass is 32.2. The zero-order valence-corrected chi connectivity index (χ0v) is 26.9. The number of aromatic nitrogens is 5. The van der Waals surface area contributed by atoms with Crippen LogP contribution in [0.15, 0.2) is 35.5 Å². The lowest BCUT2D eigenvalue weighted by Crippen LogP contribution is -2.40. The Balaban J connectivity index is 0.00000207. The Morgan fingerprint density at radius 3 is 2.44 bits per heavy atom. The van der Waals surface area contributed by atoms with E-state index < -0.39 is 18.2 Å². The maximum atomic E-state index is 13.5. The predicted octanol–water partition coefficient (Wildman–Crippen LogP) is 6.75. The molecule has 13 heteroatoms. The van der Waals surface area contributed by atoms with Crippen molar-refractivity contribution in [2.45, 2.75) is 84.3 Å². The van der Waals surface area contributed by atoms with E-state index in [4.69, 9.17) is 9.72 Å². The number of nitrogens with zero attached hydrogens (tertiary/aromatic N) is 6. The van der Waals surface area contributed by atoms with E-state index in [1.54, 1.807) is 23.0 Å². The van der Waals surface area contributed by atoms with Gasteiger partial charge in [0.05, 0.1) is 16.2 Å². The second-order valence-corrected chi connectivity index (χ2v) is 13.0. The van der Waals surface area contributed by atoms with Crippen LogP contribution in [0.1, 0.15) is 76.9 Å². The fourth-order valence-corrected chi connectivity index (χ4v) is 5.99. The first-order valence-electron chi connectivity index (χ1n) is 14.7. The number of nitrogens with one attached hydrogen (secondary N) is 1. The Morgan fingerprint density at radius 2 is 1.88 bits per heavy atom. The predicted molar refractivity (Wildman–Crippen MR) is 162 cm³/mol. The summed E-state index contributed by atoms with van der Waals surface area (Å²) in [7, 11) is 1.83. The molecule has 2 aliphatic rings. The molecule has 1 aliphatic carbocycles. The van der Waals surface area contributed by atoms with Gasteiger partial charge in [-0.1, -0.05) is 27.7 Å². The van der Waals surface area contributed by atoms with E-state index in [0.717, 1.165) is 23.6 Å². The lowest BCUT2D eigenvalue weighted by atomic mass is 9.89. The molecule has 0 spiro atoms. The maximum Gasteiger partial charge on any atom is 0.397 e. The molecular formula is C30H42F3N7O2S. The number of ether oxygens (including phenoxy) is 1. The van der Waals surface area contributed by atoms with E-state index in [2.05, 4.69) is 47.5 Å². The van der Waals surface area contributed by atoms with Gasteiger partial charge in [-0.3, -0.25) is 14.2 Å². The summed E-state index contributed by atoms with van der Waals surface area (Å²) in [6.45, 7) is 14.8. The normalized spacial score (nSPS) is 18.8. The minimum atomic E-state index is -4.30. The number of hydrogen-bond donors (Lipinski definition) is 1. The molecule has 3 aromatic rings. The molecule has 5 rings (SSSR count). The van der Waals surface area contributed by atoms with Crippen molar-refractivity contribution >= 4 is 23.7 Å². The van der Waals surface area contributed by atoms with Crippen LogP contribution in [0.3, 0.4) is 0 Å². The minimum Gasteiger partial charge on any atom is -0.476 e. The number of anilines is 1. The van der Waals surface area contributed by atoms with Crippen LogP contribution >= 0.6 is 11.9 Å². The summed E-state index contributed by atoms with van der Waals surface area (Å²) in [6.07, 6.45) is 0.216. The highest BCUT2D eigenvalue weighted by molar-refractivity contribution is 7.98. The van der Waals surface area contributed by atoms with Crippen molar-refractivity contribution < 1.29 is 22.7 Å². The van der Waals surface area contributed by atoms with Crippen molar-refractivity contribution in [1.29, 1.82) is 0 Å². The summed E-state index contributed by atoms with van der Waals surface area (Å²) in [5.41, 5.74) is -0.800. The quantitative estimate of drug-likeness (QED) is 0.264. The fourth-order valence-electron chi connectivity index (χ4n) is 5.29. The highest BCUT2D eigenvalue weighted by Crippen LogP contribution is 2.57. The lowest BCUT2D eigenvalue weighted by molar-refractivity contribution is -0.194. The van der Waals surface area contributed by atoms with Crippen LogP contribution in [0, 0.1) is 24.2 Å². The number of rotatable bonds is 9. The molecule has 0 aromatic carbocycles. The second-order valence-electron chi connectivity index (χ2n) is 12.1. The number of halogens is 3.